The Bertz CT molecular complexity index is 1240. The average Bonchev–Trinajstić information content (AvgIpc) is 3.41. The molecular formula is C20H19F3N8O. The van der Waals surface area contributed by atoms with Gasteiger partial charge in [0.2, 0.25) is 5.88 Å². The van der Waals surface area contributed by atoms with Crippen molar-refractivity contribution in [3.8, 4) is 11.3 Å². The molecule has 1 fully saturated rings. The summed E-state index contributed by atoms with van der Waals surface area (Å²) in [5.74, 6) is 0.233. The summed E-state index contributed by atoms with van der Waals surface area (Å²) in [5.41, 5.74) is 7.72. The molecule has 1 saturated heterocycles. The molecule has 12 heteroatoms. The number of benzene rings is 1. The maximum absolute atomic E-state index is 12.7. The summed E-state index contributed by atoms with van der Waals surface area (Å²) < 4.78 is 44.7. The van der Waals surface area contributed by atoms with Crippen LogP contribution in [0.1, 0.15) is 24.6 Å². The van der Waals surface area contributed by atoms with E-state index in [1.54, 1.807) is 24.3 Å². The fraction of sp³-hybridized carbons (Fsp3) is 0.300. The van der Waals surface area contributed by atoms with Crippen LogP contribution in [0.3, 0.4) is 0 Å². The number of nitrogen functional groups attached to an aromatic ring is 1. The molecular weight excluding hydrogens is 425 g/mol. The predicted molar refractivity (Wildman–Crippen MR) is 111 cm³/mol. The van der Waals surface area contributed by atoms with Crippen LogP contribution in [0.2, 0.25) is 0 Å². The maximum atomic E-state index is 12.7. The SMILES string of the molecule is Nc1ncnc2c1c(-c1ccc(Nc3cc(C(F)(F)F)no3)cc1)nn2C1CCNCC1. The standard InChI is InChI=1S/C20H19F3N8O/c21-20(22,23)14-9-15(32-30-14)28-12-3-1-11(2-4-12)17-16-18(24)26-10-27-19(16)31(29-17)13-5-7-25-8-6-13/h1-4,9-10,13,25,28H,5-8H2,(H2,24,26,27). The van der Waals surface area contributed by atoms with Crippen molar-refractivity contribution in [2.45, 2.75) is 25.1 Å². The molecule has 166 valence electrons. The molecule has 1 aliphatic heterocycles. The number of hydrogen-bond donors (Lipinski definition) is 3. The number of aromatic nitrogens is 5. The van der Waals surface area contributed by atoms with E-state index in [0.29, 0.717) is 28.2 Å². The van der Waals surface area contributed by atoms with Crippen LogP contribution in [0.4, 0.5) is 30.6 Å². The zero-order valence-corrected chi connectivity index (χ0v) is 16.7. The maximum Gasteiger partial charge on any atom is 0.436 e. The Hall–Kier alpha value is -3.67. The van der Waals surface area contributed by atoms with Gasteiger partial charge in [0.25, 0.3) is 0 Å². The molecule has 0 saturated carbocycles. The van der Waals surface area contributed by atoms with Crippen molar-refractivity contribution in [3.63, 3.8) is 0 Å². The van der Waals surface area contributed by atoms with E-state index in [2.05, 4.69) is 25.8 Å². The lowest BCUT2D eigenvalue weighted by atomic mass is 10.1. The molecule has 4 aromatic rings. The first kappa shape index (κ1) is 20.2. The van der Waals surface area contributed by atoms with Crippen LogP contribution in [0.15, 0.2) is 41.2 Å². The molecule has 0 unspecified atom stereocenters. The van der Waals surface area contributed by atoms with E-state index in [-0.39, 0.29) is 11.9 Å². The lowest BCUT2D eigenvalue weighted by Gasteiger charge is -2.23. The van der Waals surface area contributed by atoms with Gasteiger partial charge in [-0.25, -0.2) is 14.6 Å². The van der Waals surface area contributed by atoms with E-state index < -0.39 is 11.9 Å². The molecule has 1 aliphatic rings. The smallest absolute Gasteiger partial charge is 0.383 e. The number of rotatable bonds is 4. The first-order chi connectivity index (χ1) is 15.4. The molecule has 0 atom stereocenters. The van der Waals surface area contributed by atoms with E-state index in [0.717, 1.165) is 37.6 Å². The summed E-state index contributed by atoms with van der Waals surface area (Å²) in [6.07, 6.45) is -1.27. The minimum atomic E-state index is -4.57. The van der Waals surface area contributed by atoms with Crippen LogP contribution in [-0.4, -0.2) is 38.0 Å². The molecule has 0 aliphatic carbocycles. The molecule has 0 radical (unpaired) electrons. The summed E-state index contributed by atoms with van der Waals surface area (Å²) in [6, 6.07) is 8.02. The summed E-state index contributed by atoms with van der Waals surface area (Å²) in [7, 11) is 0. The average molecular weight is 444 g/mol. The summed E-state index contributed by atoms with van der Waals surface area (Å²) in [5, 5.41) is 14.6. The van der Waals surface area contributed by atoms with Crippen molar-refractivity contribution < 1.29 is 17.7 Å². The molecule has 0 bridgehead atoms. The minimum absolute atomic E-state index is 0.108. The van der Waals surface area contributed by atoms with Gasteiger partial charge in [-0.05, 0) is 38.1 Å². The van der Waals surface area contributed by atoms with Crippen LogP contribution < -0.4 is 16.4 Å². The Labute approximate surface area is 179 Å². The van der Waals surface area contributed by atoms with Crippen molar-refractivity contribution in [1.29, 1.82) is 0 Å². The summed E-state index contributed by atoms with van der Waals surface area (Å²) in [6.45, 7) is 1.81. The normalized spacial score (nSPS) is 15.3. The van der Waals surface area contributed by atoms with Gasteiger partial charge < -0.3 is 20.9 Å². The lowest BCUT2D eigenvalue weighted by molar-refractivity contribution is -0.142. The highest BCUT2D eigenvalue weighted by Gasteiger charge is 2.35. The second-order valence-corrected chi connectivity index (χ2v) is 7.51. The number of alkyl halides is 3. The van der Waals surface area contributed by atoms with Crippen molar-refractivity contribution >= 4 is 28.4 Å². The van der Waals surface area contributed by atoms with Crippen LogP contribution in [-0.2, 0) is 6.18 Å². The zero-order chi connectivity index (χ0) is 22.3. The van der Waals surface area contributed by atoms with E-state index in [1.165, 1.54) is 6.33 Å². The molecule has 3 aromatic heterocycles. The molecule has 9 nitrogen and oxygen atoms in total. The second-order valence-electron chi connectivity index (χ2n) is 7.51. The van der Waals surface area contributed by atoms with E-state index >= 15 is 0 Å². The molecule has 1 aromatic carbocycles. The molecule has 0 spiro atoms. The van der Waals surface area contributed by atoms with E-state index in [1.807, 2.05) is 4.68 Å². The van der Waals surface area contributed by atoms with Gasteiger partial charge in [0.05, 0.1) is 11.4 Å². The topological polar surface area (TPSA) is 120 Å². The van der Waals surface area contributed by atoms with Gasteiger partial charge in [-0.3, -0.25) is 0 Å². The molecule has 0 amide bonds. The molecule has 32 heavy (non-hydrogen) atoms. The summed E-state index contributed by atoms with van der Waals surface area (Å²) >= 11 is 0. The Kier molecular flexibility index (Phi) is 4.93. The second kappa shape index (κ2) is 7.79. The van der Waals surface area contributed by atoms with Gasteiger partial charge in [0.15, 0.2) is 11.3 Å². The van der Waals surface area contributed by atoms with Gasteiger partial charge in [0.1, 0.15) is 17.8 Å². The van der Waals surface area contributed by atoms with Crippen molar-refractivity contribution in [3.05, 3.63) is 42.4 Å². The summed E-state index contributed by atoms with van der Waals surface area (Å²) in [4.78, 5) is 8.55. The molecule has 4 heterocycles. The largest absolute Gasteiger partial charge is 0.436 e. The number of piperidine rings is 1. The third kappa shape index (κ3) is 3.73. The Balaban J connectivity index is 1.46. The first-order valence-corrected chi connectivity index (χ1v) is 10.0. The fourth-order valence-electron chi connectivity index (χ4n) is 3.82. The van der Waals surface area contributed by atoms with Crippen LogP contribution >= 0.6 is 0 Å². The van der Waals surface area contributed by atoms with Crippen LogP contribution in [0, 0.1) is 0 Å². The Morgan fingerprint density at radius 3 is 2.56 bits per heavy atom. The van der Waals surface area contributed by atoms with Gasteiger partial charge in [-0.15, -0.1) is 0 Å². The number of anilines is 3. The Morgan fingerprint density at radius 2 is 1.88 bits per heavy atom. The third-order valence-electron chi connectivity index (χ3n) is 5.40. The first-order valence-electron chi connectivity index (χ1n) is 10.0. The number of nitrogens with zero attached hydrogens (tertiary/aromatic N) is 5. The van der Waals surface area contributed by atoms with Crippen molar-refractivity contribution in [2.24, 2.45) is 0 Å². The van der Waals surface area contributed by atoms with Gasteiger partial charge in [0, 0.05) is 17.3 Å². The van der Waals surface area contributed by atoms with Gasteiger partial charge in [-0.1, -0.05) is 17.3 Å². The van der Waals surface area contributed by atoms with Gasteiger partial charge >= 0.3 is 6.18 Å². The number of halogens is 3. The van der Waals surface area contributed by atoms with Gasteiger partial charge in [-0.2, -0.15) is 18.3 Å². The third-order valence-corrected chi connectivity index (χ3v) is 5.40. The highest BCUT2D eigenvalue weighted by atomic mass is 19.4. The minimum Gasteiger partial charge on any atom is -0.383 e. The quantitative estimate of drug-likeness (QED) is 0.435. The number of nitrogens with two attached hydrogens (primary N) is 1. The highest BCUT2D eigenvalue weighted by Crippen LogP contribution is 2.34. The zero-order valence-electron chi connectivity index (χ0n) is 16.7. The highest BCUT2D eigenvalue weighted by molar-refractivity contribution is 5.98. The fourth-order valence-corrected chi connectivity index (χ4v) is 3.82. The number of hydrogen-bond acceptors (Lipinski definition) is 8. The predicted octanol–water partition coefficient (Wildman–Crippen LogP) is 3.75. The Morgan fingerprint density at radius 1 is 1.12 bits per heavy atom. The lowest BCUT2D eigenvalue weighted by Crippen LogP contribution is -2.30. The molecule has 4 N–H and O–H groups in total. The molecule has 5 rings (SSSR count). The van der Waals surface area contributed by atoms with E-state index in [4.69, 9.17) is 15.4 Å². The van der Waals surface area contributed by atoms with Crippen molar-refractivity contribution in [1.82, 2.24) is 30.2 Å². The van der Waals surface area contributed by atoms with E-state index in [9.17, 15) is 13.2 Å². The van der Waals surface area contributed by atoms with Crippen LogP contribution in [0.5, 0.6) is 0 Å². The van der Waals surface area contributed by atoms with Crippen molar-refractivity contribution in [2.75, 3.05) is 24.1 Å². The monoisotopic (exact) mass is 444 g/mol. The van der Waals surface area contributed by atoms with Crippen LogP contribution in [0.25, 0.3) is 22.3 Å². The number of fused-ring (bicyclic) bond motifs is 1. The number of nitrogens with one attached hydrogen (secondary N) is 2.